The molecule has 4 aliphatic rings. The van der Waals surface area contributed by atoms with Gasteiger partial charge in [-0.05, 0) is 97.1 Å². The van der Waals surface area contributed by atoms with Crippen LogP contribution in [0.2, 0.25) is 10.0 Å². The first-order valence-corrected chi connectivity index (χ1v) is 20.3. The summed E-state index contributed by atoms with van der Waals surface area (Å²) < 4.78 is 86.1. The number of hydrazine groups is 1. The predicted molar refractivity (Wildman–Crippen MR) is 220 cm³/mol. The van der Waals surface area contributed by atoms with Gasteiger partial charge in [-0.1, -0.05) is 65.2 Å². The highest BCUT2D eigenvalue weighted by Gasteiger charge is 2.71. The van der Waals surface area contributed by atoms with Crippen molar-refractivity contribution < 1.29 is 55.4 Å². The number of para-hydroxylation sites is 1. The first kappa shape index (κ1) is 42.7. The molecule has 19 heteroatoms. The van der Waals surface area contributed by atoms with Gasteiger partial charge in [-0.15, -0.1) is 13.2 Å². The first-order chi connectivity index (χ1) is 30.4. The van der Waals surface area contributed by atoms with Crippen LogP contribution in [0.5, 0.6) is 11.5 Å². The lowest BCUT2D eigenvalue weighted by molar-refractivity contribution is -0.274. The number of ether oxygens (including phenoxy) is 1. The quantitative estimate of drug-likeness (QED) is 0.0788. The van der Waals surface area contributed by atoms with Gasteiger partial charge in [0, 0.05) is 34.1 Å². The number of aromatic hydroxyl groups is 1. The van der Waals surface area contributed by atoms with Gasteiger partial charge in [0.2, 0.25) is 11.8 Å². The summed E-state index contributed by atoms with van der Waals surface area (Å²) in [6.45, 7) is 0. The number of fused-ring (bicyclic) bond motifs is 4. The van der Waals surface area contributed by atoms with Crippen LogP contribution in [0.25, 0.3) is 0 Å². The Morgan fingerprint density at radius 2 is 1.48 bits per heavy atom. The number of alkyl halides is 6. The summed E-state index contributed by atoms with van der Waals surface area (Å²) in [7, 11) is 0. The van der Waals surface area contributed by atoms with Gasteiger partial charge in [0.1, 0.15) is 11.5 Å². The third kappa shape index (κ3) is 7.16. The lowest BCUT2D eigenvalue weighted by atomic mass is 9.49. The minimum atomic E-state index is -5.19. The van der Waals surface area contributed by atoms with Crippen molar-refractivity contribution in [1.82, 2.24) is 9.99 Å². The second kappa shape index (κ2) is 15.6. The molecular weight excluding hydrogens is 891 g/mol. The Bertz CT molecular complexity index is 2760. The summed E-state index contributed by atoms with van der Waals surface area (Å²) in [6, 6.07) is 24.7. The SMILES string of the molecule is O=C1C2CC3C(=CCC4C(=O)N(c5ccc(Nc6ccccc6)cc5)C(=O)C43)C(c3cc(OC(F)(F)F)ccc3O)C2(c2ccc(Cl)cc2)C(=O)N1Nc1ncc(C(F)(F)F)cc1Cl. The maximum Gasteiger partial charge on any atom is 0.573 e. The summed E-state index contributed by atoms with van der Waals surface area (Å²) in [6.07, 6.45) is -8.34. The normalized spacial score (nSPS) is 24.2. The number of hydrogen-bond acceptors (Lipinski definition) is 9. The molecule has 5 aromatic rings. The maximum absolute atomic E-state index is 15.4. The molecule has 6 atom stereocenters. The standard InChI is InChI=1S/C45H31Cl2F6N5O6/c46-24-8-6-22(7-9-24)43-33(40(61)58(42(43)63)56-38-34(47)18-23(21-54-38)44(48,49)50)20-31-29(37(43)32-19-28(14-17-35(32)59)64-45(51,52)53)15-16-30-36(31)41(62)57(39(30)60)27-12-10-26(11-13-27)55-25-4-2-1-3-5-25/h1-15,17-19,21,30-31,33,36-37,55,59H,16,20H2,(H,54,56). The van der Waals surface area contributed by atoms with Gasteiger partial charge < -0.3 is 15.2 Å². The molecule has 1 saturated carbocycles. The molecule has 2 saturated heterocycles. The van der Waals surface area contributed by atoms with E-state index < -0.39 is 99.1 Å². The number of anilines is 4. The predicted octanol–water partition coefficient (Wildman–Crippen LogP) is 9.94. The van der Waals surface area contributed by atoms with Crippen molar-refractivity contribution in [2.45, 2.75) is 36.7 Å². The molecule has 328 valence electrons. The van der Waals surface area contributed by atoms with Gasteiger partial charge in [-0.2, -0.15) is 18.2 Å². The number of phenolic OH excluding ortho intramolecular Hbond substituents is 1. The van der Waals surface area contributed by atoms with Gasteiger partial charge in [0.05, 0.1) is 39.4 Å². The summed E-state index contributed by atoms with van der Waals surface area (Å²) in [5.74, 6) is -11.2. The van der Waals surface area contributed by atoms with E-state index in [4.69, 9.17) is 23.2 Å². The number of benzene rings is 4. The van der Waals surface area contributed by atoms with Gasteiger partial charge in [0.15, 0.2) is 5.82 Å². The number of carbonyl (C=O) groups is 4. The molecule has 11 nitrogen and oxygen atoms in total. The van der Waals surface area contributed by atoms with Crippen molar-refractivity contribution in [3.63, 3.8) is 0 Å². The number of pyridine rings is 1. The summed E-state index contributed by atoms with van der Waals surface area (Å²) >= 11 is 12.5. The van der Waals surface area contributed by atoms with Crippen LogP contribution in [0.1, 0.15) is 35.4 Å². The molecular formula is C45H31Cl2F6N5O6. The van der Waals surface area contributed by atoms with E-state index in [0.29, 0.717) is 23.0 Å². The number of imide groups is 2. The van der Waals surface area contributed by atoms with Gasteiger partial charge in [-0.3, -0.25) is 29.5 Å². The number of carbonyl (C=O) groups excluding carboxylic acids is 4. The maximum atomic E-state index is 15.4. The number of nitrogens with zero attached hydrogens (tertiary/aromatic N) is 3. The van der Waals surface area contributed by atoms with E-state index in [9.17, 15) is 45.8 Å². The molecule has 2 aliphatic heterocycles. The van der Waals surface area contributed by atoms with Crippen LogP contribution < -0.4 is 20.4 Å². The Morgan fingerprint density at radius 3 is 2.14 bits per heavy atom. The average molecular weight is 923 g/mol. The highest BCUT2D eigenvalue weighted by Crippen LogP contribution is 2.65. The lowest BCUT2D eigenvalue weighted by Crippen LogP contribution is -2.53. The molecule has 3 fully saturated rings. The molecule has 0 spiro atoms. The molecule has 4 amide bonds. The van der Waals surface area contributed by atoms with Crippen LogP contribution in [0.15, 0.2) is 121 Å². The zero-order chi connectivity index (χ0) is 45.5. The highest BCUT2D eigenvalue weighted by atomic mass is 35.5. The smallest absolute Gasteiger partial charge is 0.508 e. The number of halogens is 8. The van der Waals surface area contributed by atoms with E-state index >= 15 is 4.79 Å². The van der Waals surface area contributed by atoms with Crippen LogP contribution in [0, 0.1) is 23.7 Å². The van der Waals surface area contributed by atoms with E-state index in [1.54, 1.807) is 30.3 Å². The molecule has 0 radical (unpaired) electrons. The fraction of sp³-hybridized carbons (Fsp3) is 0.222. The van der Waals surface area contributed by atoms with E-state index in [1.807, 2.05) is 30.3 Å². The average Bonchev–Trinajstić information content (AvgIpc) is 3.62. The first-order valence-electron chi connectivity index (χ1n) is 19.6. The van der Waals surface area contributed by atoms with E-state index in [-0.39, 0.29) is 40.3 Å². The van der Waals surface area contributed by atoms with Crippen molar-refractivity contribution in [2.75, 3.05) is 15.6 Å². The number of allylic oxidation sites excluding steroid dienone is 2. The summed E-state index contributed by atoms with van der Waals surface area (Å²) in [4.78, 5) is 64.2. The molecule has 9 rings (SSSR count). The number of hydrogen-bond donors (Lipinski definition) is 3. The minimum absolute atomic E-state index is 0.0717. The fourth-order valence-electron chi connectivity index (χ4n) is 9.72. The Balaban J connectivity index is 1.18. The topological polar surface area (TPSA) is 141 Å². The summed E-state index contributed by atoms with van der Waals surface area (Å²) in [5, 5.41) is 14.9. The second-order valence-corrected chi connectivity index (χ2v) is 16.6. The van der Waals surface area contributed by atoms with Crippen LogP contribution in [0.3, 0.4) is 0 Å². The lowest BCUT2D eigenvalue weighted by Gasteiger charge is -2.50. The van der Waals surface area contributed by atoms with Crippen molar-refractivity contribution in [3.8, 4) is 11.5 Å². The van der Waals surface area contributed by atoms with Crippen LogP contribution in [-0.4, -0.2) is 45.1 Å². The molecule has 3 N–H and O–H groups in total. The number of rotatable bonds is 8. The van der Waals surface area contributed by atoms with E-state index in [0.717, 1.165) is 28.8 Å². The van der Waals surface area contributed by atoms with Gasteiger partial charge >= 0.3 is 12.5 Å². The van der Waals surface area contributed by atoms with Crippen LogP contribution in [-0.2, 0) is 30.8 Å². The molecule has 3 heterocycles. The Kier molecular flexibility index (Phi) is 10.4. The zero-order valence-corrected chi connectivity index (χ0v) is 34.1. The van der Waals surface area contributed by atoms with Crippen LogP contribution >= 0.6 is 23.2 Å². The minimum Gasteiger partial charge on any atom is -0.508 e. The Labute approximate surface area is 369 Å². The zero-order valence-electron chi connectivity index (χ0n) is 32.6. The monoisotopic (exact) mass is 921 g/mol. The van der Waals surface area contributed by atoms with E-state index in [1.165, 1.54) is 24.3 Å². The third-order valence-electron chi connectivity index (χ3n) is 12.3. The molecule has 6 unspecified atom stereocenters. The van der Waals surface area contributed by atoms with E-state index in [2.05, 4.69) is 20.5 Å². The Hall–Kier alpha value is -6.59. The van der Waals surface area contributed by atoms with Gasteiger partial charge in [0.25, 0.3) is 11.8 Å². The molecule has 2 aliphatic carbocycles. The molecule has 64 heavy (non-hydrogen) atoms. The summed E-state index contributed by atoms with van der Waals surface area (Å²) in [5.41, 5.74) is 0.912. The number of amides is 4. The second-order valence-electron chi connectivity index (χ2n) is 15.7. The molecule has 1 aromatic heterocycles. The van der Waals surface area contributed by atoms with Crippen molar-refractivity contribution >= 4 is 69.7 Å². The van der Waals surface area contributed by atoms with Crippen molar-refractivity contribution in [2.24, 2.45) is 23.7 Å². The van der Waals surface area contributed by atoms with Gasteiger partial charge in [-0.25, -0.2) is 4.98 Å². The number of nitrogens with one attached hydrogen (secondary N) is 2. The third-order valence-corrected chi connectivity index (χ3v) is 12.8. The van der Waals surface area contributed by atoms with Crippen LogP contribution in [0.4, 0.5) is 49.2 Å². The number of phenols is 1. The fourth-order valence-corrected chi connectivity index (χ4v) is 10.1. The largest absolute Gasteiger partial charge is 0.573 e. The van der Waals surface area contributed by atoms with Crippen molar-refractivity contribution in [1.29, 1.82) is 0 Å². The molecule has 0 bridgehead atoms. The highest BCUT2D eigenvalue weighted by molar-refractivity contribution is 6.33. The number of aromatic nitrogens is 1. The van der Waals surface area contributed by atoms with Crippen molar-refractivity contribution in [3.05, 3.63) is 148 Å². The molecule has 4 aromatic carbocycles. The Morgan fingerprint density at radius 1 is 0.797 bits per heavy atom.